The Kier molecular flexibility index (Phi) is 2.72. The van der Waals surface area contributed by atoms with Crippen LogP contribution >= 0.6 is 11.6 Å². The van der Waals surface area contributed by atoms with E-state index in [-0.39, 0.29) is 6.61 Å². The van der Waals surface area contributed by atoms with Gasteiger partial charge in [-0.25, -0.2) is 0 Å². The van der Waals surface area contributed by atoms with Crippen LogP contribution in [0.25, 0.3) is 10.9 Å². The lowest BCUT2D eigenvalue weighted by atomic mass is 10.2. The molecular formula is C12H14ClNO. The highest BCUT2D eigenvalue weighted by Crippen LogP contribution is 2.27. The minimum Gasteiger partial charge on any atom is -0.392 e. The standard InChI is InChI=1S/C12H14ClNO/c1-8(2)14-6-9(7-15)11-4-3-10(13)5-12(11)14/h3-6,8,15H,7H2,1-2H3. The Morgan fingerprint density at radius 2 is 2.13 bits per heavy atom. The van der Waals surface area contributed by atoms with Crippen molar-refractivity contribution >= 4 is 22.5 Å². The van der Waals surface area contributed by atoms with Gasteiger partial charge in [-0.1, -0.05) is 17.7 Å². The molecule has 1 aromatic heterocycles. The minimum absolute atomic E-state index is 0.0673. The Bertz CT molecular complexity index is 488. The maximum atomic E-state index is 9.25. The summed E-state index contributed by atoms with van der Waals surface area (Å²) >= 11 is 5.97. The number of hydrogen-bond donors (Lipinski definition) is 1. The largest absolute Gasteiger partial charge is 0.392 e. The van der Waals surface area contributed by atoms with Gasteiger partial charge < -0.3 is 9.67 Å². The molecule has 0 fully saturated rings. The number of benzene rings is 1. The molecule has 2 rings (SSSR count). The maximum Gasteiger partial charge on any atom is 0.0702 e. The molecule has 1 heterocycles. The predicted molar refractivity (Wildman–Crippen MR) is 63.3 cm³/mol. The zero-order chi connectivity index (χ0) is 11.0. The Hall–Kier alpha value is -0.990. The van der Waals surface area contributed by atoms with Crippen LogP contribution in [0.3, 0.4) is 0 Å². The van der Waals surface area contributed by atoms with E-state index in [0.29, 0.717) is 6.04 Å². The number of nitrogens with zero attached hydrogens (tertiary/aromatic N) is 1. The van der Waals surface area contributed by atoms with Crippen molar-refractivity contribution in [2.45, 2.75) is 26.5 Å². The second-order valence-corrected chi connectivity index (χ2v) is 4.41. The van der Waals surface area contributed by atoms with Crippen molar-refractivity contribution in [3.8, 4) is 0 Å². The van der Waals surface area contributed by atoms with Crippen LogP contribution in [0.1, 0.15) is 25.5 Å². The molecule has 3 heteroatoms. The van der Waals surface area contributed by atoms with Crippen LogP contribution in [0, 0.1) is 0 Å². The molecular weight excluding hydrogens is 210 g/mol. The molecule has 15 heavy (non-hydrogen) atoms. The zero-order valence-electron chi connectivity index (χ0n) is 8.87. The summed E-state index contributed by atoms with van der Waals surface area (Å²) in [7, 11) is 0. The molecule has 80 valence electrons. The van der Waals surface area contributed by atoms with Gasteiger partial charge in [0, 0.05) is 28.2 Å². The summed E-state index contributed by atoms with van der Waals surface area (Å²) in [5.41, 5.74) is 2.04. The third kappa shape index (κ3) is 1.75. The van der Waals surface area contributed by atoms with Crippen LogP contribution in [0.2, 0.25) is 5.02 Å². The van der Waals surface area contributed by atoms with Gasteiger partial charge in [-0.2, -0.15) is 0 Å². The molecule has 0 aliphatic carbocycles. The van der Waals surface area contributed by atoms with E-state index in [9.17, 15) is 5.11 Å². The molecule has 0 atom stereocenters. The van der Waals surface area contributed by atoms with Gasteiger partial charge in [-0.05, 0) is 26.0 Å². The van der Waals surface area contributed by atoms with Gasteiger partial charge in [0.25, 0.3) is 0 Å². The molecule has 0 unspecified atom stereocenters. The molecule has 0 saturated carbocycles. The molecule has 2 aromatic rings. The lowest BCUT2D eigenvalue weighted by Crippen LogP contribution is -1.97. The van der Waals surface area contributed by atoms with Crippen LogP contribution in [0.4, 0.5) is 0 Å². The third-order valence-corrected chi connectivity index (χ3v) is 2.84. The molecule has 0 radical (unpaired) electrons. The molecule has 0 saturated heterocycles. The number of hydrogen-bond acceptors (Lipinski definition) is 1. The molecule has 0 bridgehead atoms. The molecule has 1 N–H and O–H groups in total. The van der Waals surface area contributed by atoms with Crippen LogP contribution in [-0.4, -0.2) is 9.67 Å². The fourth-order valence-electron chi connectivity index (χ4n) is 1.85. The maximum absolute atomic E-state index is 9.25. The summed E-state index contributed by atoms with van der Waals surface area (Å²) in [6.45, 7) is 4.29. The van der Waals surface area contributed by atoms with Gasteiger partial charge in [0.05, 0.1) is 12.1 Å². The van der Waals surface area contributed by atoms with Gasteiger partial charge in [-0.15, -0.1) is 0 Å². The van der Waals surface area contributed by atoms with Crippen LogP contribution in [0.15, 0.2) is 24.4 Å². The van der Waals surface area contributed by atoms with E-state index in [1.807, 2.05) is 24.4 Å². The number of fused-ring (bicyclic) bond motifs is 1. The van der Waals surface area contributed by atoms with E-state index in [0.717, 1.165) is 21.5 Å². The quantitative estimate of drug-likeness (QED) is 0.830. The molecule has 0 amide bonds. The predicted octanol–water partition coefficient (Wildman–Crippen LogP) is 3.37. The first-order valence-corrected chi connectivity index (χ1v) is 5.41. The number of rotatable bonds is 2. The van der Waals surface area contributed by atoms with E-state index in [2.05, 4.69) is 18.4 Å². The monoisotopic (exact) mass is 223 g/mol. The van der Waals surface area contributed by atoms with Crippen molar-refractivity contribution < 1.29 is 5.11 Å². The van der Waals surface area contributed by atoms with Crippen molar-refractivity contribution in [3.05, 3.63) is 35.0 Å². The van der Waals surface area contributed by atoms with Crippen LogP contribution < -0.4 is 0 Å². The highest BCUT2D eigenvalue weighted by atomic mass is 35.5. The van der Waals surface area contributed by atoms with Crippen molar-refractivity contribution in [2.75, 3.05) is 0 Å². The first kappa shape index (κ1) is 10.5. The van der Waals surface area contributed by atoms with Gasteiger partial charge >= 0.3 is 0 Å². The van der Waals surface area contributed by atoms with Gasteiger partial charge in [0.1, 0.15) is 0 Å². The fourth-order valence-corrected chi connectivity index (χ4v) is 2.02. The van der Waals surface area contributed by atoms with E-state index < -0.39 is 0 Å². The second kappa shape index (κ2) is 3.87. The van der Waals surface area contributed by atoms with Crippen molar-refractivity contribution in [1.82, 2.24) is 4.57 Å². The second-order valence-electron chi connectivity index (χ2n) is 3.97. The van der Waals surface area contributed by atoms with E-state index in [1.54, 1.807) is 0 Å². The number of aliphatic hydroxyl groups is 1. The molecule has 1 aromatic carbocycles. The van der Waals surface area contributed by atoms with Crippen LogP contribution in [0.5, 0.6) is 0 Å². The summed E-state index contributed by atoms with van der Waals surface area (Å²) in [5.74, 6) is 0. The lowest BCUT2D eigenvalue weighted by Gasteiger charge is -2.08. The van der Waals surface area contributed by atoms with E-state index in [1.165, 1.54) is 0 Å². The summed E-state index contributed by atoms with van der Waals surface area (Å²) in [6, 6.07) is 6.12. The van der Waals surface area contributed by atoms with Gasteiger partial charge in [-0.3, -0.25) is 0 Å². The van der Waals surface area contributed by atoms with Crippen molar-refractivity contribution in [1.29, 1.82) is 0 Å². The lowest BCUT2D eigenvalue weighted by molar-refractivity contribution is 0.283. The average molecular weight is 224 g/mol. The molecule has 0 aliphatic rings. The van der Waals surface area contributed by atoms with E-state index >= 15 is 0 Å². The number of halogens is 1. The molecule has 0 spiro atoms. The third-order valence-electron chi connectivity index (χ3n) is 2.61. The summed E-state index contributed by atoms with van der Waals surface area (Å²) < 4.78 is 2.13. The van der Waals surface area contributed by atoms with Gasteiger partial charge in [0.2, 0.25) is 0 Å². The van der Waals surface area contributed by atoms with Crippen molar-refractivity contribution in [3.63, 3.8) is 0 Å². The van der Waals surface area contributed by atoms with Gasteiger partial charge in [0.15, 0.2) is 0 Å². The average Bonchev–Trinajstić information content (AvgIpc) is 2.55. The smallest absolute Gasteiger partial charge is 0.0702 e. The normalized spacial score (nSPS) is 11.5. The van der Waals surface area contributed by atoms with E-state index in [4.69, 9.17) is 11.6 Å². The molecule has 0 aliphatic heterocycles. The Labute approximate surface area is 94.1 Å². The Morgan fingerprint density at radius 3 is 2.73 bits per heavy atom. The Morgan fingerprint density at radius 1 is 1.40 bits per heavy atom. The number of aromatic nitrogens is 1. The van der Waals surface area contributed by atoms with Crippen molar-refractivity contribution in [2.24, 2.45) is 0 Å². The highest BCUT2D eigenvalue weighted by molar-refractivity contribution is 6.31. The first-order chi connectivity index (χ1) is 7.13. The first-order valence-electron chi connectivity index (χ1n) is 5.03. The summed E-state index contributed by atoms with van der Waals surface area (Å²) in [4.78, 5) is 0. The zero-order valence-corrected chi connectivity index (χ0v) is 9.62. The highest BCUT2D eigenvalue weighted by Gasteiger charge is 2.09. The number of aliphatic hydroxyl groups excluding tert-OH is 1. The topological polar surface area (TPSA) is 25.2 Å². The Balaban J connectivity index is 2.76. The fraction of sp³-hybridized carbons (Fsp3) is 0.333. The summed E-state index contributed by atoms with van der Waals surface area (Å²) in [6.07, 6.45) is 1.99. The minimum atomic E-state index is 0.0673. The molecule has 2 nitrogen and oxygen atoms in total. The summed E-state index contributed by atoms with van der Waals surface area (Å²) in [5, 5.41) is 11.1. The SMILES string of the molecule is CC(C)n1cc(CO)c2ccc(Cl)cc21. The van der Waals surface area contributed by atoms with Crippen LogP contribution in [-0.2, 0) is 6.61 Å².